The topological polar surface area (TPSA) is 76.1 Å². The zero-order chi connectivity index (χ0) is 17.0. The van der Waals surface area contributed by atoms with E-state index in [-0.39, 0.29) is 6.42 Å². The molecular weight excluding hydrogens is 288 g/mol. The molecule has 4 heteroatoms. The molecule has 2 N–H and O–H groups in total. The predicted molar refractivity (Wildman–Crippen MR) is 88.5 cm³/mol. The molecule has 0 heterocycles. The van der Waals surface area contributed by atoms with Gasteiger partial charge in [-0.2, -0.15) is 5.26 Å². The number of nitrogens with two attached hydrogens (primary N) is 1. The Bertz CT molecular complexity index is 709. The minimum absolute atomic E-state index is 0.0770. The van der Waals surface area contributed by atoms with Gasteiger partial charge in [0.25, 0.3) is 0 Å². The number of ether oxygens (including phenoxy) is 1. The van der Waals surface area contributed by atoms with Gasteiger partial charge < -0.3 is 10.5 Å². The molecule has 23 heavy (non-hydrogen) atoms. The normalized spacial score (nSPS) is 12.0. The number of esters is 1. The van der Waals surface area contributed by atoms with Crippen molar-refractivity contribution in [3.63, 3.8) is 0 Å². The monoisotopic (exact) mass is 306 g/mol. The summed E-state index contributed by atoms with van der Waals surface area (Å²) in [6.45, 7) is 1.80. The van der Waals surface area contributed by atoms with E-state index in [4.69, 9.17) is 10.5 Å². The van der Waals surface area contributed by atoms with E-state index in [1.165, 1.54) is 6.92 Å². The third-order valence-corrected chi connectivity index (χ3v) is 2.80. The standard InChI is InChI=1S/C19H18N2O2/c1-17(22)23-19(16-21,18-12-8-7-9-13-18)14-10-5-3-2-4-6-11-15-20/h2-3,7-9,12-13H,11,14-15,20H2,1H3/b3-2-. The summed E-state index contributed by atoms with van der Waals surface area (Å²) >= 11 is 0. The Morgan fingerprint density at radius 1 is 1.26 bits per heavy atom. The molecule has 1 rings (SSSR count). The van der Waals surface area contributed by atoms with Crippen molar-refractivity contribution in [2.45, 2.75) is 25.4 Å². The fraction of sp³-hybridized carbons (Fsp3) is 0.263. The molecule has 0 aliphatic carbocycles. The molecule has 0 aliphatic rings. The van der Waals surface area contributed by atoms with Crippen LogP contribution >= 0.6 is 0 Å². The molecule has 0 aliphatic heterocycles. The summed E-state index contributed by atoms with van der Waals surface area (Å²) in [5.41, 5.74) is 4.51. The molecule has 0 saturated carbocycles. The van der Waals surface area contributed by atoms with Crippen molar-refractivity contribution in [3.05, 3.63) is 48.0 Å². The van der Waals surface area contributed by atoms with Gasteiger partial charge in [0.1, 0.15) is 6.07 Å². The van der Waals surface area contributed by atoms with Gasteiger partial charge in [0.15, 0.2) is 0 Å². The molecule has 4 nitrogen and oxygen atoms in total. The minimum atomic E-state index is -1.40. The lowest BCUT2D eigenvalue weighted by atomic mass is 9.92. The highest BCUT2D eigenvalue weighted by atomic mass is 16.6. The van der Waals surface area contributed by atoms with Gasteiger partial charge in [0.2, 0.25) is 5.60 Å². The van der Waals surface area contributed by atoms with Crippen molar-refractivity contribution >= 4 is 5.97 Å². The van der Waals surface area contributed by atoms with Crippen LogP contribution < -0.4 is 5.73 Å². The van der Waals surface area contributed by atoms with Gasteiger partial charge in [0.05, 0.1) is 6.42 Å². The summed E-state index contributed by atoms with van der Waals surface area (Å²) in [5.74, 6) is 10.8. The maximum absolute atomic E-state index is 11.4. The number of carbonyl (C=O) groups is 1. The summed E-state index contributed by atoms with van der Waals surface area (Å²) in [5, 5.41) is 9.53. The van der Waals surface area contributed by atoms with E-state index >= 15 is 0 Å². The average molecular weight is 306 g/mol. The number of carbonyl (C=O) groups excluding carboxylic acids is 1. The van der Waals surface area contributed by atoms with E-state index < -0.39 is 11.6 Å². The van der Waals surface area contributed by atoms with Crippen LogP contribution in [0.4, 0.5) is 0 Å². The number of hydrogen-bond acceptors (Lipinski definition) is 4. The summed E-state index contributed by atoms with van der Waals surface area (Å²) in [7, 11) is 0. The summed E-state index contributed by atoms with van der Waals surface area (Å²) in [6.07, 6.45) is 3.92. The van der Waals surface area contributed by atoms with Crippen LogP contribution in [-0.2, 0) is 15.1 Å². The number of allylic oxidation sites excluding steroid dienone is 2. The molecule has 0 saturated heterocycles. The number of benzene rings is 1. The molecule has 1 aromatic carbocycles. The minimum Gasteiger partial charge on any atom is -0.438 e. The van der Waals surface area contributed by atoms with Crippen molar-refractivity contribution in [3.8, 4) is 29.8 Å². The predicted octanol–water partition coefficient (Wildman–Crippen LogP) is 2.27. The van der Waals surface area contributed by atoms with Crippen LogP contribution in [0.15, 0.2) is 42.5 Å². The van der Waals surface area contributed by atoms with E-state index in [9.17, 15) is 10.1 Å². The molecule has 0 spiro atoms. The van der Waals surface area contributed by atoms with Gasteiger partial charge in [-0.25, -0.2) is 0 Å². The Balaban J connectivity index is 2.91. The zero-order valence-corrected chi connectivity index (χ0v) is 13.0. The number of rotatable bonds is 4. The SMILES string of the molecule is CC(=O)OC(C#N)(CC#C/C=C\C#CCCN)c1ccccc1. The zero-order valence-electron chi connectivity index (χ0n) is 13.0. The second-order valence-electron chi connectivity index (χ2n) is 4.59. The highest BCUT2D eigenvalue weighted by Crippen LogP contribution is 2.28. The molecule has 1 atom stereocenters. The van der Waals surface area contributed by atoms with Crippen molar-refractivity contribution < 1.29 is 9.53 Å². The highest BCUT2D eigenvalue weighted by molar-refractivity contribution is 5.67. The second-order valence-corrected chi connectivity index (χ2v) is 4.59. The second kappa shape index (κ2) is 9.85. The van der Waals surface area contributed by atoms with Gasteiger partial charge in [-0.1, -0.05) is 54.0 Å². The van der Waals surface area contributed by atoms with Crippen LogP contribution in [0.25, 0.3) is 0 Å². The number of nitrogens with zero attached hydrogens (tertiary/aromatic N) is 1. The average Bonchev–Trinajstić information content (AvgIpc) is 2.56. The van der Waals surface area contributed by atoms with Gasteiger partial charge in [0, 0.05) is 25.5 Å². The quantitative estimate of drug-likeness (QED) is 0.684. The molecule has 0 radical (unpaired) electrons. The lowest BCUT2D eigenvalue weighted by Gasteiger charge is -2.24. The van der Waals surface area contributed by atoms with Crippen LogP contribution in [0, 0.1) is 35.0 Å². The Kier molecular flexibility index (Phi) is 7.73. The fourth-order valence-corrected chi connectivity index (χ4v) is 1.80. The van der Waals surface area contributed by atoms with Crippen LogP contribution in [-0.4, -0.2) is 12.5 Å². The summed E-state index contributed by atoms with van der Waals surface area (Å²) < 4.78 is 5.26. The van der Waals surface area contributed by atoms with Crippen LogP contribution in [0.1, 0.15) is 25.3 Å². The van der Waals surface area contributed by atoms with Gasteiger partial charge in [-0.3, -0.25) is 4.79 Å². The Labute approximate surface area is 136 Å². The first-order valence-corrected chi connectivity index (χ1v) is 7.13. The first-order chi connectivity index (χ1) is 11.1. The first kappa shape index (κ1) is 18.1. The maximum Gasteiger partial charge on any atom is 0.304 e. The van der Waals surface area contributed by atoms with Crippen LogP contribution in [0.3, 0.4) is 0 Å². The highest BCUT2D eigenvalue weighted by Gasteiger charge is 2.35. The molecule has 1 unspecified atom stereocenters. The Morgan fingerprint density at radius 3 is 2.48 bits per heavy atom. The van der Waals surface area contributed by atoms with E-state index in [1.807, 2.05) is 6.07 Å². The number of hydrogen-bond donors (Lipinski definition) is 1. The lowest BCUT2D eigenvalue weighted by Crippen LogP contribution is -2.29. The number of nitriles is 1. The van der Waals surface area contributed by atoms with Gasteiger partial charge in [-0.05, 0) is 12.2 Å². The Hall–Kier alpha value is -3.00. The van der Waals surface area contributed by atoms with E-state index in [1.54, 1.807) is 36.4 Å². The molecule has 116 valence electrons. The lowest BCUT2D eigenvalue weighted by molar-refractivity contribution is -0.152. The summed E-state index contributed by atoms with van der Waals surface area (Å²) in [6, 6.07) is 10.9. The molecular formula is C19H18N2O2. The molecule has 0 fully saturated rings. The smallest absolute Gasteiger partial charge is 0.304 e. The van der Waals surface area contributed by atoms with Gasteiger partial charge in [-0.15, -0.1) is 0 Å². The van der Waals surface area contributed by atoms with Crippen LogP contribution in [0.5, 0.6) is 0 Å². The fourth-order valence-electron chi connectivity index (χ4n) is 1.80. The summed E-state index contributed by atoms with van der Waals surface area (Å²) in [4.78, 5) is 11.4. The molecule has 0 aromatic heterocycles. The maximum atomic E-state index is 11.4. The molecule has 0 amide bonds. The van der Waals surface area contributed by atoms with E-state index in [0.717, 1.165) is 0 Å². The first-order valence-electron chi connectivity index (χ1n) is 7.13. The third-order valence-electron chi connectivity index (χ3n) is 2.80. The third kappa shape index (κ3) is 6.10. The van der Waals surface area contributed by atoms with Crippen molar-refractivity contribution in [1.82, 2.24) is 0 Å². The van der Waals surface area contributed by atoms with Gasteiger partial charge >= 0.3 is 5.97 Å². The van der Waals surface area contributed by atoms with Crippen molar-refractivity contribution in [1.29, 1.82) is 5.26 Å². The van der Waals surface area contributed by atoms with E-state index in [0.29, 0.717) is 18.5 Å². The molecule has 1 aromatic rings. The van der Waals surface area contributed by atoms with Crippen molar-refractivity contribution in [2.75, 3.05) is 6.54 Å². The molecule has 0 bridgehead atoms. The Morgan fingerprint density at radius 2 is 1.91 bits per heavy atom. The largest absolute Gasteiger partial charge is 0.438 e. The van der Waals surface area contributed by atoms with E-state index in [2.05, 4.69) is 29.8 Å². The van der Waals surface area contributed by atoms with Crippen LogP contribution in [0.2, 0.25) is 0 Å². The van der Waals surface area contributed by atoms with Crippen molar-refractivity contribution in [2.24, 2.45) is 5.73 Å².